The lowest BCUT2D eigenvalue weighted by Crippen LogP contribution is -2.35. The Morgan fingerprint density at radius 2 is 1.22 bits per heavy atom. The summed E-state index contributed by atoms with van der Waals surface area (Å²) in [6.45, 7) is 8.81. The molecule has 0 amide bonds. The van der Waals surface area contributed by atoms with Gasteiger partial charge in [-0.1, -0.05) is 78.6 Å². The number of hydrogen-bond acceptors (Lipinski definition) is 2. The lowest BCUT2D eigenvalue weighted by molar-refractivity contribution is 0.245. The standard InChI is InChI=1S/C16H36N2/c1-4-5-6-7-8-9-10-11-12-13-14-18(17)15-16(2)3/h16H,4-15,17H2,1-3H3. The average molecular weight is 256 g/mol. The second-order valence-corrected chi connectivity index (χ2v) is 6.07. The fraction of sp³-hybridized carbons (Fsp3) is 1.00. The summed E-state index contributed by atoms with van der Waals surface area (Å²) in [4.78, 5) is 0. The minimum absolute atomic E-state index is 0.679. The molecule has 0 atom stereocenters. The van der Waals surface area contributed by atoms with Crippen LogP contribution in [0.1, 0.15) is 85.0 Å². The van der Waals surface area contributed by atoms with Crippen LogP contribution in [0.4, 0.5) is 0 Å². The molecular formula is C16H36N2. The van der Waals surface area contributed by atoms with E-state index in [0.29, 0.717) is 5.92 Å². The number of hydrazine groups is 1. The lowest BCUT2D eigenvalue weighted by atomic mass is 10.1. The second kappa shape index (κ2) is 13.4. The van der Waals surface area contributed by atoms with Crippen molar-refractivity contribution >= 4 is 0 Å². The van der Waals surface area contributed by atoms with Crippen LogP contribution in [0.25, 0.3) is 0 Å². The molecule has 0 aliphatic heterocycles. The number of unbranched alkanes of at least 4 members (excludes halogenated alkanes) is 9. The second-order valence-electron chi connectivity index (χ2n) is 6.07. The van der Waals surface area contributed by atoms with E-state index >= 15 is 0 Å². The van der Waals surface area contributed by atoms with Crippen LogP contribution in [0, 0.1) is 5.92 Å². The molecule has 0 saturated heterocycles. The van der Waals surface area contributed by atoms with Crippen molar-refractivity contribution in [1.82, 2.24) is 5.01 Å². The molecule has 0 aliphatic carbocycles. The minimum Gasteiger partial charge on any atom is -0.269 e. The van der Waals surface area contributed by atoms with Crippen LogP contribution in [-0.4, -0.2) is 18.1 Å². The van der Waals surface area contributed by atoms with Crippen molar-refractivity contribution in [3.05, 3.63) is 0 Å². The molecule has 0 spiro atoms. The molecule has 2 N–H and O–H groups in total. The van der Waals surface area contributed by atoms with Crippen LogP contribution in [0.2, 0.25) is 0 Å². The summed E-state index contributed by atoms with van der Waals surface area (Å²) in [6.07, 6.45) is 13.9. The normalized spacial score (nSPS) is 11.7. The predicted octanol–water partition coefficient (Wildman–Crippen LogP) is 4.74. The van der Waals surface area contributed by atoms with Gasteiger partial charge in [0.1, 0.15) is 0 Å². The first-order chi connectivity index (χ1) is 8.66. The van der Waals surface area contributed by atoms with Gasteiger partial charge >= 0.3 is 0 Å². The van der Waals surface area contributed by atoms with E-state index in [9.17, 15) is 0 Å². The van der Waals surface area contributed by atoms with Crippen molar-refractivity contribution in [2.24, 2.45) is 11.8 Å². The van der Waals surface area contributed by atoms with Gasteiger partial charge in [-0.15, -0.1) is 0 Å². The zero-order valence-electron chi connectivity index (χ0n) is 13.1. The van der Waals surface area contributed by atoms with Crippen LogP contribution in [0.3, 0.4) is 0 Å². The molecule has 0 unspecified atom stereocenters. The first kappa shape index (κ1) is 17.9. The van der Waals surface area contributed by atoms with Crippen LogP contribution in [0.5, 0.6) is 0 Å². The van der Waals surface area contributed by atoms with Gasteiger partial charge in [0.05, 0.1) is 0 Å². The van der Waals surface area contributed by atoms with Gasteiger partial charge < -0.3 is 0 Å². The van der Waals surface area contributed by atoms with Crippen LogP contribution >= 0.6 is 0 Å². The quantitative estimate of drug-likeness (QED) is 0.293. The largest absolute Gasteiger partial charge is 0.269 e. The van der Waals surface area contributed by atoms with E-state index in [2.05, 4.69) is 20.8 Å². The Kier molecular flexibility index (Phi) is 13.3. The van der Waals surface area contributed by atoms with Gasteiger partial charge in [0.25, 0.3) is 0 Å². The minimum atomic E-state index is 0.679. The maximum absolute atomic E-state index is 5.92. The number of hydrogen-bond donors (Lipinski definition) is 1. The van der Waals surface area contributed by atoms with E-state index in [0.717, 1.165) is 13.1 Å². The van der Waals surface area contributed by atoms with Gasteiger partial charge in [0.15, 0.2) is 0 Å². The number of nitrogens with zero attached hydrogens (tertiary/aromatic N) is 1. The Morgan fingerprint density at radius 1 is 0.778 bits per heavy atom. The Labute approximate surface area is 115 Å². The van der Waals surface area contributed by atoms with E-state index in [1.54, 1.807) is 0 Å². The van der Waals surface area contributed by atoms with Gasteiger partial charge in [-0.3, -0.25) is 5.84 Å². The Hall–Kier alpha value is -0.0800. The average Bonchev–Trinajstić information content (AvgIpc) is 2.30. The van der Waals surface area contributed by atoms with Crippen molar-refractivity contribution in [2.45, 2.75) is 85.0 Å². The molecule has 0 heterocycles. The highest BCUT2D eigenvalue weighted by Gasteiger charge is 2.01. The van der Waals surface area contributed by atoms with Crippen molar-refractivity contribution in [2.75, 3.05) is 13.1 Å². The molecule has 0 rings (SSSR count). The molecule has 0 radical (unpaired) electrons. The van der Waals surface area contributed by atoms with E-state index in [4.69, 9.17) is 5.84 Å². The summed E-state index contributed by atoms with van der Waals surface area (Å²) in [5.74, 6) is 6.60. The molecule has 18 heavy (non-hydrogen) atoms. The van der Waals surface area contributed by atoms with E-state index < -0.39 is 0 Å². The highest BCUT2D eigenvalue weighted by atomic mass is 15.4. The van der Waals surface area contributed by atoms with Crippen LogP contribution in [0.15, 0.2) is 0 Å². The maximum atomic E-state index is 5.92. The molecule has 0 aliphatic rings. The zero-order valence-corrected chi connectivity index (χ0v) is 13.1. The Morgan fingerprint density at radius 3 is 1.67 bits per heavy atom. The summed E-state index contributed by atoms with van der Waals surface area (Å²) >= 11 is 0. The predicted molar refractivity (Wildman–Crippen MR) is 82.4 cm³/mol. The highest BCUT2D eigenvalue weighted by Crippen LogP contribution is 2.10. The van der Waals surface area contributed by atoms with E-state index in [-0.39, 0.29) is 0 Å². The van der Waals surface area contributed by atoms with Gasteiger partial charge in [0.2, 0.25) is 0 Å². The van der Waals surface area contributed by atoms with Gasteiger partial charge in [0, 0.05) is 13.1 Å². The van der Waals surface area contributed by atoms with Gasteiger partial charge in [-0.25, -0.2) is 5.01 Å². The SMILES string of the molecule is CCCCCCCCCCCCN(N)CC(C)C. The molecule has 0 bridgehead atoms. The van der Waals surface area contributed by atoms with Crippen molar-refractivity contribution in [3.63, 3.8) is 0 Å². The molecule has 0 aromatic heterocycles. The third kappa shape index (κ3) is 14.0. The van der Waals surface area contributed by atoms with Crippen molar-refractivity contribution in [3.8, 4) is 0 Å². The van der Waals surface area contributed by atoms with Crippen molar-refractivity contribution < 1.29 is 0 Å². The summed E-state index contributed by atoms with van der Waals surface area (Å²) in [5, 5.41) is 1.98. The fourth-order valence-electron chi connectivity index (χ4n) is 2.36. The maximum Gasteiger partial charge on any atom is 0.0151 e. The van der Waals surface area contributed by atoms with Crippen LogP contribution in [-0.2, 0) is 0 Å². The first-order valence-electron chi connectivity index (χ1n) is 8.16. The van der Waals surface area contributed by atoms with Gasteiger partial charge in [-0.2, -0.15) is 0 Å². The third-order valence-corrected chi connectivity index (χ3v) is 3.40. The van der Waals surface area contributed by atoms with Crippen molar-refractivity contribution in [1.29, 1.82) is 0 Å². The molecule has 2 heteroatoms. The first-order valence-corrected chi connectivity index (χ1v) is 8.16. The topological polar surface area (TPSA) is 29.3 Å². The number of nitrogens with two attached hydrogens (primary N) is 1. The monoisotopic (exact) mass is 256 g/mol. The third-order valence-electron chi connectivity index (χ3n) is 3.40. The Bertz CT molecular complexity index is 157. The smallest absolute Gasteiger partial charge is 0.0151 e. The molecule has 0 aromatic carbocycles. The lowest BCUT2D eigenvalue weighted by Gasteiger charge is -2.18. The molecule has 110 valence electrons. The summed E-state index contributed by atoms with van der Waals surface area (Å²) < 4.78 is 0. The van der Waals surface area contributed by atoms with Gasteiger partial charge in [-0.05, 0) is 12.3 Å². The molecule has 0 saturated carbocycles. The zero-order chi connectivity index (χ0) is 13.6. The molecule has 2 nitrogen and oxygen atoms in total. The molecular weight excluding hydrogens is 220 g/mol. The van der Waals surface area contributed by atoms with Crippen LogP contribution < -0.4 is 5.84 Å². The summed E-state index contributed by atoms with van der Waals surface area (Å²) in [6, 6.07) is 0. The summed E-state index contributed by atoms with van der Waals surface area (Å²) in [5.41, 5.74) is 0. The fourth-order valence-corrected chi connectivity index (χ4v) is 2.36. The van der Waals surface area contributed by atoms with E-state index in [1.165, 1.54) is 64.2 Å². The van der Waals surface area contributed by atoms with E-state index in [1.807, 2.05) is 5.01 Å². The highest BCUT2D eigenvalue weighted by molar-refractivity contribution is 4.54. The summed E-state index contributed by atoms with van der Waals surface area (Å²) in [7, 11) is 0. The number of rotatable bonds is 13. The Balaban J connectivity index is 3.07. The molecule has 0 aromatic rings. The molecule has 0 fully saturated rings.